The molecule has 4 heteroatoms. The van der Waals surface area contributed by atoms with E-state index in [1.165, 1.54) is 31.5 Å². The van der Waals surface area contributed by atoms with Crippen molar-refractivity contribution in [2.75, 3.05) is 26.7 Å². The molecule has 1 aliphatic heterocycles. The van der Waals surface area contributed by atoms with Crippen molar-refractivity contribution in [3.8, 4) is 0 Å². The van der Waals surface area contributed by atoms with E-state index in [2.05, 4.69) is 78.6 Å². The van der Waals surface area contributed by atoms with Gasteiger partial charge in [-0.05, 0) is 32.3 Å². The third kappa shape index (κ3) is 5.23. The molecule has 2 rings (SSSR count). The number of nitrogens with zero attached hydrogens (tertiary/aromatic N) is 2. The zero-order valence-electron chi connectivity index (χ0n) is 16.0. The van der Waals surface area contributed by atoms with Crippen LogP contribution in [-0.4, -0.2) is 49.6 Å². The van der Waals surface area contributed by atoms with Gasteiger partial charge in [0.25, 0.3) is 0 Å². The van der Waals surface area contributed by atoms with Gasteiger partial charge in [-0.25, -0.2) is 0 Å². The molecule has 0 radical (unpaired) electrons. The van der Waals surface area contributed by atoms with Crippen LogP contribution in [0.4, 0.5) is 0 Å². The Balaban J connectivity index is 1.83. The minimum Gasteiger partial charge on any atom is -0.356 e. The maximum absolute atomic E-state index is 4.41. The lowest BCUT2D eigenvalue weighted by Crippen LogP contribution is -2.51. The highest BCUT2D eigenvalue weighted by molar-refractivity contribution is 5.80. The molecule has 0 unspecified atom stereocenters. The predicted molar refractivity (Wildman–Crippen MR) is 104 cm³/mol. The highest BCUT2D eigenvalue weighted by Crippen LogP contribution is 2.21. The van der Waals surface area contributed by atoms with Gasteiger partial charge in [-0.2, -0.15) is 0 Å². The zero-order chi connectivity index (χ0) is 17.6. The van der Waals surface area contributed by atoms with Crippen molar-refractivity contribution in [1.29, 1.82) is 0 Å². The summed E-state index contributed by atoms with van der Waals surface area (Å²) in [6.07, 6.45) is 2.36. The average molecular weight is 331 g/mol. The Morgan fingerprint density at radius 2 is 1.83 bits per heavy atom. The summed E-state index contributed by atoms with van der Waals surface area (Å²) in [7, 11) is 1.86. The number of aliphatic imine (C=N–C) groups is 1. The van der Waals surface area contributed by atoms with Crippen LogP contribution in [0.15, 0.2) is 35.3 Å². The standard InChI is InChI=1S/C20H34N4/c1-16(2)24-13-11-18(12-14-24)23-19(21-5)22-15-20(3,4)17-9-7-6-8-10-17/h6-10,16,18H,11-15H2,1-5H3,(H2,21,22,23). The number of benzene rings is 1. The maximum atomic E-state index is 4.41. The van der Waals surface area contributed by atoms with E-state index in [1.54, 1.807) is 0 Å². The van der Waals surface area contributed by atoms with E-state index in [4.69, 9.17) is 0 Å². The fourth-order valence-electron chi connectivity index (χ4n) is 3.24. The van der Waals surface area contributed by atoms with E-state index in [0.29, 0.717) is 12.1 Å². The molecule has 0 bridgehead atoms. The summed E-state index contributed by atoms with van der Waals surface area (Å²) in [6.45, 7) is 12.3. The van der Waals surface area contributed by atoms with Crippen molar-refractivity contribution in [1.82, 2.24) is 15.5 Å². The van der Waals surface area contributed by atoms with Crippen LogP contribution in [0.3, 0.4) is 0 Å². The lowest BCUT2D eigenvalue weighted by Gasteiger charge is -2.35. The number of guanidine groups is 1. The summed E-state index contributed by atoms with van der Waals surface area (Å²) in [5, 5.41) is 7.12. The maximum Gasteiger partial charge on any atom is 0.191 e. The molecule has 134 valence electrons. The first-order valence-electron chi connectivity index (χ1n) is 9.19. The minimum atomic E-state index is 0.0693. The Kier molecular flexibility index (Phi) is 6.67. The van der Waals surface area contributed by atoms with Crippen LogP contribution < -0.4 is 10.6 Å². The molecule has 0 spiro atoms. The van der Waals surface area contributed by atoms with Gasteiger partial charge in [0.1, 0.15) is 0 Å². The van der Waals surface area contributed by atoms with Crippen molar-refractivity contribution < 1.29 is 0 Å². The summed E-state index contributed by atoms with van der Waals surface area (Å²) < 4.78 is 0. The quantitative estimate of drug-likeness (QED) is 0.644. The second kappa shape index (κ2) is 8.52. The Morgan fingerprint density at radius 1 is 1.21 bits per heavy atom. The van der Waals surface area contributed by atoms with Crippen LogP contribution in [0.2, 0.25) is 0 Å². The Hall–Kier alpha value is -1.55. The molecule has 2 N–H and O–H groups in total. The first kappa shape index (κ1) is 18.8. The molecule has 0 saturated carbocycles. The molecule has 1 aliphatic rings. The second-order valence-corrected chi connectivity index (χ2v) is 7.72. The van der Waals surface area contributed by atoms with Crippen molar-refractivity contribution in [3.63, 3.8) is 0 Å². The first-order chi connectivity index (χ1) is 11.4. The number of hydrogen-bond acceptors (Lipinski definition) is 2. The molecule has 1 saturated heterocycles. The van der Waals surface area contributed by atoms with E-state index < -0.39 is 0 Å². The molecule has 1 aromatic rings. The first-order valence-corrected chi connectivity index (χ1v) is 9.19. The lowest BCUT2D eigenvalue weighted by molar-refractivity contribution is 0.167. The number of piperidine rings is 1. The van der Waals surface area contributed by atoms with Gasteiger partial charge in [-0.1, -0.05) is 44.2 Å². The summed E-state index contributed by atoms with van der Waals surface area (Å²) >= 11 is 0. The molecule has 0 aromatic heterocycles. The molecule has 0 amide bonds. The smallest absolute Gasteiger partial charge is 0.191 e. The minimum absolute atomic E-state index is 0.0693. The van der Waals surface area contributed by atoms with Crippen LogP contribution in [0.5, 0.6) is 0 Å². The average Bonchev–Trinajstić information content (AvgIpc) is 2.59. The van der Waals surface area contributed by atoms with E-state index in [9.17, 15) is 0 Å². The van der Waals surface area contributed by atoms with Gasteiger partial charge in [0.05, 0.1) is 0 Å². The van der Waals surface area contributed by atoms with Crippen LogP contribution in [0.25, 0.3) is 0 Å². The van der Waals surface area contributed by atoms with Crippen molar-refractivity contribution >= 4 is 5.96 Å². The molecular weight excluding hydrogens is 296 g/mol. The fraction of sp³-hybridized carbons (Fsp3) is 0.650. The van der Waals surface area contributed by atoms with Crippen molar-refractivity contribution in [2.24, 2.45) is 4.99 Å². The largest absolute Gasteiger partial charge is 0.356 e. The second-order valence-electron chi connectivity index (χ2n) is 7.72. The van der Waals surface area contributed by atoms with Crippen molar-refractivity contribution in [3.05, 3.63) is 35.9 Å². The van der Waals surface area contributed by atoms with E-state index in [0.717, 1.165) is 12.5 Å². The summed E-state index contributed by atoms with van der Waals surface area (Å²) in [5.41, 5.74) is 1.41. The topological polar surface area (TPSA) is 39.7 Å². The number of likely N-dealkylation sites (tertiary alicyclic amines) is 1. The van der Waals surface area contributed by atoms with Crippen molar-refractivity contribution in [2.45, 2.75) is 58.0 Å². The predicted octanol–water partition coefficient (Wildman–Crippen LogP) is 3.00. The molecule has 0 aliphatic carbocycles. The van der Waals surface area contributed by atoms with Crippen LogP contribution >= 0.6 is 0 Å². The highest BCUT2D eigenvalue weighted by atomic mass is 15.2. The van der Waals surface area contributed by atoms with Gasteiger partial charge in [-0.15, -0.1) is 0 Å². The van der Waals surface area contributed by atoms with Gasteiger partial charge >= 0.3 is 0 Å². The third-order valence-electron chi connectivity index (χ3n) is 5.08. The SMILES string of the molecule is CN=C(NCC(C)(C)c1ccccc1)NC1CCN(C(C)C)CC1. The Labute approximate surface area is 147 Å². The number of nitrogens with one attached hydrogen (secondary N) is 2. The molecule has 1 fully saturated rings. The zero-order valence-corrected chi connectivity index (χ0v) is 16.0. The molecular formula is C20H34N4. The van der Waals surface area contributed by atoms with E-state index in [-0.39, 0.29) is 5.41 Å². The lowest BCUT2D eigenvalue weighted by atomic mass is 9.85. The molecule has 24 heavy (non-hydrogen) atoms. The van der Waals surface area contributed by atoms with Crippen LogP contribution in [0.1, 0.15) is 46.1 Å². The fourth-order valence-corrected chi connectivity index (χ4v) is 3.24. The van der Waals surface area contributed by atoms with Gasteiger partial charge in [0, 0.05) is 44.2 Å². The van der Waals surface area contributed by atoms with Crippen LogP contribution in [-0.2, 0) is 5.41 Å². The summed E-state index contributed by atoms with van der Waals surface area (Å²) in [5.74, 6) is 0.919. The van der Waals surface area contributed by atoms with Crippen LogP contribution in [0, 0.1) is 0 Å². The van der Waals surface area contributed by atoms with Gasteiger partial charge < -0.3 is 15.5 Å². The highest BCUT2D eigenvalue weighted by Gasteiger charge is 2.23. The normalized spacial score (nSPS) is 18.0. The van der Waals surface area contributed by atoms with Gasteiger partial charge in [-0.3, -0.25) is 4.99 Å². The van der Waals surface area contributed by atoms with E-state index >= 15 is 0 Å². The molecule has 1 aromatic carbocycles. The monoisotopic (exact) mass is 330 g/mol. The van der Waals surface area contributed by atoms with Gasteiger partial charge in [0.15, 0.2) is 5.96 Å². The third-order valence-corrected chi connectivity index (χ3v) is 5.08. The van der Waals surface area contributed by atoms with Gasteiger partial charge in [0.2, 0.25) is 0 Å². The summed E-state index contributed by atoms with van der Waals surface area (Å²) in [4.78, 5) is 6.96. The van der Waals surface area contributed by atoms with E-state index in [1.807, 2.05) is 7.05 Å². The summed E-state index contributed by atoms with van der Waals surface area (Å²) in [6, 6.07) is 11.8. The molecule has 1 heterocycles. The number of rotatable bonds is 5. The Morgan fingerprint density at radius 3 is 2.38 bits per heavy atom. The molecule has 4 nitrogen and oxygen atoms in total. The molecule has 0 atom stereocenters. The number of hydrogen-bond donors (Lipinski definition) is 2. The Bertz CT molecular complexity index is 514.